The summed E-state index contributed by atoms with van der Waals surface area (Å²) < 4.78 is 5.91. The first kappa shape index (κ1) is 34.5. The molecule has 2 amide bonds. The van der Waals surface area contributed by atoms with Crippen LogP contribution in [0.25, 0.3) is 0 Å². The van der Waals surface area contributed by atoms with Crippen molar-refractivity contribution in [3.63, 3.8) is 0 Å². The summed E-state index contributed by atoms with van der Waals surface area (Å²) in [5.41, 5.74) is 3.80. The number of rotatable bonds is 13. The van der Waals surface area contributed by atoms with E-state index in [4.69, 9.17) is 4.74 Å². The Balaban J connectivity index is 1.45. The van der Waals surface area contributed by atoms with Crippen molar-refractivity contribution in [1.29, 1.82) is 0 Å². The second kappa shape index (κ2) is 16.2. The zero-order valence-electron chi connectivity index (χ0n) is 27.2. The van der Waals surface area contributed by atoms with Gasteiger partial charge in [0.25, 0.3) is 11.8 Å². The lowest BCUT2D eigenvalue weighted by molar-refractivity contribution is -0.924. The van der Waals surface area contributed by atoms with Crippen LogP contribution < -0.4 is 20.3 Å². The molecule has 8 nitrogen and oxygen atoms in total. The second-order valence-electron chi connectivity index (χ2n) is 13.2. The summed E-state index contributed by atoms with van der Waals surface area (Å²) >= 11 is 1.88. The first-order valence-electron chi connectivity index (χ1n) is 15.9. The van der Waals surface area contributed by atoms with Crippen molar-refractivity contribution in [2.24, 2.45) is 0 Å². The van der Waals surface area contributed by atoms with Gasteiger partial charge in [0, 0.05) is 41.8 Å². The number of pyridine rings is 1. The maximum atomic E-state index is 13.6. The van der Waals surface area contributed by atoms with Gasteiger partial charge >= 0.3 is 0 Å². The van der Waals surface area contributed by atoms with Gasteiger partial charge in [0.15, 0.2) is 12.6 Å². The molecule has 5 atom stereocenters. The molecule has 0 spiro atoms. The van der Waals surface area contributed by atoms with E-state index in [2.05, 4.69) is 15.6 Å². The number of nitrogens with one attached hydrogen (secondary N) is 3. The van der Waals surface area contributed by atoms with Crippen LogP contribution in [-0.2, 0) is 21.8 Å². The number of aliphatic hydroxyl groups excluding tert-OH is 1. The summed E-state index contributed by atoms with van der Waals surface area (Å²) in [6.45, 7) is 10.8. The molecule has 45 heavy (non-hydrogen) atoms. The van der Waals surface area contributed by atoms with E-state index in [1.54, 1.807) is 0 Å². The number of benzene rings is 2. The monoisotopic (exact) mass is 633 g/mol. The largest absolute Gasteiger partial charge is 0.483 e. The molecule has 1 aliphatic rings. The van der Waals surface area contributed by atoms with Gasteiger partial charge in [-0.2, -0.15) is 11.8 Å². The van der Waals surface area contributed by atoms with Gasteiger partial charge < -0.3 is 25.4 Å². The Hall–Kier alpha value is -3.40. The number of carbonyl (C=O) groups excluding carboxylic acids is 2. The minimum absolute atomic E-state index is 0.00422. The molecule has 1 aliphatic heterocycles. The first-order valence-corrected chi connectivity index (χ1v) is 16.9. The highest BCUT2D eigenvalue weighted by molar-refractivity contribution is 7.99. The van der Waals surface area contributed by atoms with E-state index in [9.17, 15) is 14.7 Å². The maximum Gasteiger partial charge on any atom is 0.278 e. The number of hydrogen-bond acceptors (Lipinski definition) is 6. The van der Waals surface area contributed by atoms with Crippen molar-refractivity contribution >= 4 is 23.6 Å². The number of ether oxygens (including phenoxy) is 1. The fourth-order valence-corrected chi connectivity index (χ4v) is 7.11. The normalized spacial score (nSPS) is 19.7. The highest BCUT2D eigenvalue weighted by Gasteiger charge is 2.40. The standard InChI is InChI=1S/C36H48N4O4S/c1-25-10-9-11-26(2)34(25)44-23-33(42)38-30(20-27-12-7-6-8-13-27)32(41)22-40-19-16-29(45-24-28-14-17-37-18-15-28)21-31(40)35(43)39-36(3,4)5/h6-15,17-18,29-32,41H,16,19-24H2,1-5H3,(H,38,42)(H,39,43)/p+1. The molecule has 1 fully saturated rings. The molecule has 0 aliphatic carbocycles. The molecule has 4 N–H and O–H groups in total. The average molecular weight is 634 g/mol. The number of aryl methyl sites for hydroxylation is 2. The van der Waals surface area contributed by atoms with Crippen molar-refractivity contribution in [3.8, 4) is 5.75 Å². The molecule has 2 heterocycles. The Morgan fingerprint density at radius 3 is 2.38 bits per heavy atom. The Morgan fingerprint density at radius 1 is 1.02 bits per heavy atom. The fourth-order valence-electron chi connectivity index (χ4n) is 5.88. The molecule has 242 valence electrons. The summed E-state index contributed by atoms with van der Waals surface area (Å²) in [5.74, 6) is 1.29. The zero-order chi connectivity index (χ0) is 32.4. The lowest BCUT2D eigenvalue weighted by Gasteiger charge is -2.38. The third-order valence-corrected chi connectivity index (χ3v) is 9.57. The molecule has 4 rings (SSSR count). The number of amides is 2. The molecular formula is C36H49N4O4S+. The maximum absolute atomic E-state index is 13.6. The molecule has 1 saturated heterocycles. The quantitative estimate of drug-likeness (QED) is 0.230. The number of carbonyl (C=O) groups is 2. The first-order chi connectivity index (χ1) is 21.5. The highest BCUT2D eigenvalue weighted by Crippen LogP contribution is 2.26. The van der Waals surface area contributed by atoms with Crippen LogP contribution in [0.5, 0.6) is 5.75 Å². The van der Waals surface area contributed by atoms with Crippen molar-refractivity contribution in [3.05, 3.63) is 95.3 Å². The SMILES string of the molecule is Cc1cccc(C)c1OCC(=O)NC(Cc1ccccc1)C(O)C[NH+]1CCC(SCc2ccncc2)CC1C(=O)NC(C)(C)C. The van der Waals surface area contributed by atoms with Crippen LogP contribution in [0.2, 0.25) is 0 Å². The Kier molecular flexibility index (Phi) is 12.4. The van der Waals surface area contributed by atoms with E-state index in [0.717, 1.165) is 46.7 Å². The van der Waals surface area contributed by atoms with Gasteiger partial charge in [-0.3, -0.25) is 14.6 Å². The predicted molar refractivity (Wildman–Crippen MR) is 180 cm³/mol. The van der Waals surface area contributed by atoms with E-state index in [1.165, 1.54) is 5.56 Å². The molecule has 0 saturated carbocycles. The summed E-state index contributed by atoms with van der Waals surface area (Å²) in [5, 5.41) is 18.2. The van der Waals surface area contributed by atoms with Gasteiger partial charge in [-0.25, -0.2) is 0 Å². The summed E-state index contributed by atoms with van der Waals surface area (Å²) in [4.78, 5) is 32.0. The zero-order valence-corrected chi connectivity index (χ0v) is 28.0. The van der Waals surface area contributed by atoms with Crippen LogP contribution in [0.4, 0.5) is 0 Å². The number of hydrogen-bond donors (Lipinski definition) is 4. The molecule has 0 bridgehead atoms. The fraction of sp³-hybridized carbons (Fsp3) is 0.472. The van der Waals surface area contributed by atoms with Crippen LogP contribution in [0.3, 0.4) is 0 Å². The van der Waals surface area contributed by atoms with Crippen LogP contribution in [-0.4, -0.2) is 70.6 Å². The number of thioether (sulfide) groups is 1. The molecule has 2 aromatic carbocycles. The second-order valence-corrected chi connectivity index (χ2v) is 14.4. The van der Waals surface area contributed by atoms with Gasteiger partial charge in [-0.05, 0) is 75.4 Å². The summed E-state index contributed by atoms with van der Waals surface area (Å²) in [6, 6.07) is 18.9. The summed E-state index contributed by atoms with van der Waals surface area (Å²) in [7, 11) is 0. The van der Waals surface area contributed by atoms with Gasteiger partial charge in [0.2, 0.25) is 0 Å². The van der Waals surface area contributed by atoms with Gasteiger partial charge in [-0.1, -0.05) is 48.5 Å². The van der Waals surface area contributed by atoms with E-state index in [-0.39, 0.29) is 30.0 Å². The molecule has 0 radical (unpaired) electrons. The Labute approximate surface area is 272 Å². The molecule has 9 heteroatoms. The minimum atomic E-state index is -0.865. The minimum Gasteiger partial charge on any atom is -0.483 e. The Bertz CT molecular complexity index is 1360. The number of likely N-dealkylation sites (tertiary alicyclic amines) is 1. The highest BCUT2D eigenvalue weighted by atomic mass is 32.2. The van der Waals surface area contributed by atoms with Crippen LogP contribution >= 0.6 is 11.8 Å². The van der Waals surface area contributed by atoms with Crippen LogP contribution in [0.1, 0.15) is 55.9 Å². The van der Waals surface area contributed by atoms with Crippen LogP contribution in [0, 0.1) is 13.8 Å². The van der Waals surface area contributed by atoms with Gasteiger partial charge in [0.05, 0.1) is 12.6 Å². The van der Waals surface area contributed by atoms with E-state index in [0.29, 0.717) is 24.0 Å². The molecular weight excluding hydrogens is 584 g/mol. The third-order valence-electron chi connectivity index (χ3n) is 8.17. The van der Waals surface area contributed by atoms with E-state index < -0.39 is 12.1 Å². The van der Waals surface area contributed by atoms with Gasteiger partial charge in [-0.15, -0.1) is 0 Å². The number of para-hydroxylation sites is 1. The van der Waals surface area contributed by atoms with Crippen molar-refractivity contribution in [2.45, 2.75) is 88.6 Å². The number of piperidine rings is 1. The summed E-state index contributed by atoms with van der Waals surface area (Å²) in [6.07, 6.45) is 4.88. The lowest BCUT2D eigenvalue weighted by atomic mass is 9.96. The molecule has 5 unspecified atom stereocenters. The number of nitrogens with zero attached hydrogens (tertiary/aromatic N) is 1. The lowest BCUT2D eigenvalue weighted by Crippen LogP contribution is -3.19. The van der Waals surface area contributed by atoms with Crippen molar-refractivity contribution < 1.29 is 24.3 Å². The van der Waals surface area contributed by atoms with Crippen molar-refractivity contribution in [2.75, 3.05) is 19.7 Å². The van der Waals surface area contributed by atoms with E-state index in [1.807, 2.05) is 119 Å². The number of aromatic nitrogens is 1. The number of aliphatic hydroxyl groups is 1. The van der Waals surface area contributed by atoms with E-state index >= 15 is 0 Å². The van der Waals surface area contributed by atoms with Crippen LogP contribution in [0.15, 0.2) is 73.1 Å². The smallest absolute Gasteiger partial charge is 0.278 e. The molecule has 3 aromatic rings. The third kappa shape index (κ3) is 10.9. The number of quaternary nitrogens is 1. The van der Waals surface area contributed by atoms with Gasteiger partial charge in [0.1, 0.15) is 18.4 Å². The van der Waals surface area contributed by atoms with Crippen molar-refractivity contribution in [1.82, 2.24) is 15.6 Å². The average Bonchev–Trinajstić information content (AvgIpc) is 3.00. The Morgan fingerprint density at radius 2 is 1.71 bits per heavy atom. The predicted octanol–water partition coefficient (Wildman–Crippen LogP) is 3.43. The molecule has 1 aromatic heterocycles. The topological polar surface area (TPSA) is 105 Å².